The maximum atomic E-state index is 12.5. The smallest absolute Gasteiger partial charge is 0.289 e. The van der Waals surface area contributed by atoms with E-state index in [1.165, 1.54) is 11.8 Å². The van der Waals surface area contributed by atoms with Crippen molar-refractivity contribution in [1.82, 2.24) is 4.90 Å². The van der Waals surface area contributed by atoms with E-state index in [0.717, 1.165) is 17.5 Å². The predicted molar refractivity (Wildman–Crippen MR) is 114 cm³/mol. The Labute approximate surface area is 179 Å². The average Bonchev–Trinajstić information content (AvgIpc) is 3.28. The molecule has 7 heteroatoms. The van der Waals surface area contributed by atoms with E-state index in [0.29, 0.717) is 35.3 Å². The lowest BCUT2D eigenvalue weighted by Gasteiger charge is -2.28. The van der Waals surface area contributed by atoms with Gasteiger partial charge in [0, 0.05) is 23.8 Å². The normalized spacial score (nSPS) is 12.9. The van der Waals surface area contributed by atoms with Crippen molar-refractivity contribution in [3.8, 4) is 5.75 Å². The summed E-state index contributed by atoms with van der Waals surface area (Å²) < 4.78 is 10.8. The highest BCUT2D eigenvalue weighted by molar-refractivity contribution is 6.31. The van der Waals surface area contributed by atoms with E-state index in [-0.39, 0.29) is 18.4 Å². The van der Waals surface area contributed by atoms with E-state index in [1.807, 2.05) is 25.1 Å². The molecule has 0 aliphatic carbocycles. The van der Waals surface area contributed by atoms with Gasteiger partial charge < -0.3 is 19.4 Å². The highest BCUT2D eigenvalue weighted by atomic mass is 35.5. The monoisotopic (exact) mass is 424 g/mol. The van der Waals surface area contributed by atoms with E-state index in [2.05, 4.69) is 5.32 Å². The summed E-state index contributed by atoms with van der Waals surface area (Å²) in [5.74, 6) is 0.524. The molecule has 4 rings (SSSR count). The number of nitrogens with one attached hydrogen (secondary N) is 1. The van der Waals surface area contributed by atoms with Crippen molar-refractivity contribution in [1.29, 1.82) is 0 Å². The predicted octanol–water partition coefficient (Wildman–Crippen LogP) is 4.46. The number of fused-ring (bicyclic) bond motifs is 1. The topological polar surface area (TPSA) is 71.8 Å². The van der Waals surface area contributed by atoms with Gasteiger partial charge in [-0.15, -0.1) is 0 Å². The van der Waals surface area contributed by atoms with E-state index in [4.69, 9.17) is 20.8 Å². The van der Waals surface area contributed by atoms with Crippen LogP contribution in [0.15, 0.2) is 59.2 Å². The number of hydrogen-bond donors (Lipinski definition) is 1. The van der Waals surface area contributed by atoms with E-state index in [1.54, 1.807) is 35.2 Å². The maximum Gasteiger partial charge on any atom is 0.289 e. The summed E-state index contributed by atoms with van der Waals surface area (Å²) >= 11 is 6.00. The summed E-state index contributed by atoms with van der Waals surface area (Å²) in [5.41, 5.74) is 3.73. The van der Waals surface area contributed by atoms with Crippen LogP contribution in [0.5, 0.6) is 5.75 Å². The van der Waals surface area contributed by atoms with Gasteiger partial charge in [-0.1, -0.05) is 17.7 Å². The van der Waals surface area contributed by atoms with E-state index < -0.39 is 0 Å². The third-order valence-electron chi connectivity index (χ3n) is 5.02. The summed E-state index contributed by atoms with van der Waals surface area (Å²) in [6.45, 7) is 2.87. The molecule has 30 heavy (non-hydrogen) atoms. The quantitative estimate of drug-likeness (QED) is 0.656. The molecule has 1 aliphatic rings. The second-order valence-electron chi connectivity index (χ2n) is 7.19. The first-order valence-electron chi connectivity index (χ1n) is 9.63. The van der Waals surface area contributed by atoms with Gasteiger partial charge in [0.25, 0.3) is 11.8 Å². The highest BCUT2D eigenvalue weighted by Crippen LogP contribution is 2.24. The standard InChI is InChI=1S/C23H21ClN2O4/c1-15-11-19(6-7-20(15)24)30-14-22(27)25-18-5-4-16-8-9-26(13-17(16)12-18)23(28)21-3-2-10-29-21/h2-7,10-12H,8-9,13-14H2,1H3,(H,25,27). The average molecular weight is 425 g/mol. The first kappa shape index (κ1) is 20.0. The molecule has 0 radical (unpaired) electrons. The Morgan fingerprint density at radius 1 is 1.17 bits per heavy atom. The minimum absolute atomic E-state index is 0.110. The van der Waals surface area contributed by atoms with Gasteiger partial charge in [-0.2, -0.15) is 0 Å². The lowest BCUT2D eigenvalue weighted by Crippen LogP contribution is -2.35. The molecule has 1 aromatic heterocycles. The van der Waals surface area contributed by atoms with Gasteiger partial charge in [0.15, 0.2) is 12.4 Å². The number of halogens is 1. The van der Waals surface area contributed by atoms with Crippen LogP contribution in [0.4, 0.5) is 5.69 Å². The number of rotatable bonds is 5. The molecule has 0 saturated carbocycles. The van der Waals surface area contributed by atoms with Crippen LogP contribution in [0.25, 0.3) is 0 Å². The van der Waals surface area contributed by atoms with Gasteiger partial charge in [0.2, 0.25) is 0 Å². The number of furan rings is 1. The molecule has 1 N–H and O–H groups in total. The Morgan fingerprint density at radius 3 is 2.80 bits per heavy atom. The van der Waals surface area contributed by atoms with E-state index >= 15 is 0 Å². The van der Waals surface area contributed by atoms with Crippen molar-refractivity contribution in [3.05, 3.63) is 82.3 Å². The molecule has 3 aromatic rings. The first-order valence-corrected chi connectivity index (χ1v) is 10.0. The molecular weight excluding hydrogens is 404 g/mol. The number of ether oxygens (including phenoxy) is 1. The van der Waals surface area contributed by atoms with Crippen molar-refractivity contribution in [2.75, 3.05) is 18.5 Å². The molecule has 0 saturated heterocycles. The number of aryl methyl sites for hydroxylation is 1. The van der Waals surface area contributed by atoms with Gasteiger partial charge >= 0.3 is 0 Å². The van der Waals surface area contributed by atoms with Crippen LogP contribution >= 0.6 is 11.6 Å². The number of carbonyl (C=O) groups excluding carboxylic acids is 2. The Kier molecular flexibility index (Phi) is 5.77. The summed E-state index contributed by atoms with van der Waals surface area (Å²) in [6, 6.07) is 14.4. The number of carbonyl (C=O) groups is 2. The highest BCUT2D eigenvalue weighted by Gasteiger charge is 2.23. The number of hydrogen-bond acceptors (Lipinski definition) is 4. The zero-order valence-electron chi connectivity index (χ0n) is 16.5. The molecule has 6 nitrogen and oxygen atoms in total. The molecule has 0 spiro atoms. The Morgan fingerprint density at radius 2 is 2.03 bits per heavy atom. The molecule has 0 unspecified atom stereocenters. The number of nitrogens with zero attached hydrogens (tertiary/aromatic N) is 1. The first-order chi connectivity index (χ1) is 14.5. The number of anilines is 1. The van der Waals surface area contributed by atoms with Crippen molar-refractivity contribution >= 4 is 29.1 Å². The molecule has 2 heterocycles. The molecule has 2 amide bonds. The second kappa shape index (κ2) is 8.63. The number of benzene rings is 2. The molecule has 0 bridgehead atoms. The fourth-order valence-electron chi connectivity index (χ4n) is 3.42. The van der Waals surface area contributed by atoms with Gasteiger partial charge in [0.05, 0.1) is 6.26 Å². The number of amides is 2. The third kappa shape index (κ3) is 4.49. The summed E-state index contributed by atoms with van der Waals surface area (Å²) in [7, 11) is 0. The second-order valence-corrected chi connectivity index (χ2v) is 7.59. The Hall–Kier alpha value is -3.25. The third-order valence-corrected chi connectivity index (χ3v) is 5.44. The van der Waals surface area contributed by atoms with Crippen LogP contribution in [-0.2, 0) is 17.8 Å². The van der Waals surface area contributed by atoms with Gasteiger partial charge in [-0.05, 0) is 72.5 Å². The van der Waals surface area contributed by atoms with Crippen LogP contribution in [-0.4, -0.2) is 29.9 Å². The molecule has 154 valence electrons. The maximum absolute atomic E-state index is 12.5. The minimum Gasteiger partial charge on any atom is -0.484 e. The molecule has 0 fully saturated rings. The fraction of sp³-hybridized carbons (Fsp3) is 0.217. The van der Waals surface area contributed by atoms with Gasteiger partial charge in [-0.25, -0.2) is 0 Å². The lowest BCUT2D eigenvalue weighted by atomic mass is 9.99. The van der Waals surface area contributed by atoms with Crippen LogP contribution < -0.4 is 10.1 Å². The summed E-state index contributed by atoms with van der Waals surface area (Å²) in [6.07, 6.45) is 2.25. The molecule has 1 aliphatic heterocycles. The van der Waals surface area contributed by atoms with Crippen molar-refractivity contribution in [2.24, 2.45) is 0 Å². The Balaban J connectivity index is 1.37. The molecule has 2 aromatic carbocycles. The van der Waals surface area contributed by atoms with Gasteiger partial charge in [-0.3, -0.25) is 9.59 Å². The van der Waals surface area contributed by atoms with Crippen molar-refractivity contribution in [2.45, 2.75) is 19.9 Å². The van der Waals surface area contributed by atoms with Crippen LogP contribution in [0, 0.1) is 6.92 Å². The van der Waals surface area contributed by atoms with Crippen LogP contribution in [0.1, 0.15) is 27.2 Å². The zero-order chi connectivity index (χ0) is 21.1. The SMILES string of the molecule is Cc1cc(OCC(=O)Nc2ccc3c(c2)CN(C(=O)c2ccco2)CC3)ccc1Cl. The molecular formula is C23H21ClN2O4. The lowest BCUT2D eigenvalue weighted by molar-refractivity contribution is -0.118. The Bertz CT molecular complexity index is 1080. The van der Waals surface area contributed by atoms with Crippen LogP contribution in [0.2, 0.25) is 5.02 Å². The largest absolute Gasteiger partial charge is 0.484 e. The van der Waals surface area contributed by atoms with E-state index in [9.17, 15) is 9.59 Å². The summed E-state index contributed by atoms with van der Waals surface area (Å²) in [4.78, 5) is 26.6. The molecule has 0 atom stereocenters. The van der Waals surface area contributed by atoms with Crippen molar-refractivity contribution in [3.63, 3.8) is 0 Å². The van der Waals surface area contributed by atoms with Gasteiger partial charge in [0.1, 0.15) is 5.75 Å². The minimum atomic E-state index is -0.262. The zero-order valence-corrected chi connectivity index (χ0v) is 17.2. The van der Waals surface area contributed by atoms with Crippen LogP contribution in [0.3, 0.4) is 0 Å². The summed E-state index contributed by atoms with van der Waals surface area (Å²) in [5, 5.41) is 3.50. The fourth-order valence-corrected chi connectivity index (χ4v) is 3.53. The van der Waals surface area contributed by atoms with Crippen molar-refractivity contribution < 1.29 is 18.7 Å².